The summed E-state index contributed by atoms with van der Waals surface area (Å²) in [4.78, 5) is 40.0. The second kappa shape index (κ2) is 8.79. The van der Waals surface area contributed by atoms with E-state index in [9.17, 15) is 22.8 Å². The molecule has 35 heavy (non-hydrogen) atoms. The summed E-state index contributed by atoms with van der Waals surface area (Å²) in [5.41, 5.74) is 0.821. The number of imide groups is 1. The van der Waals surface area contributed by atoms with E-state index in [4.69, 9.17) is 4.74 Å². The number of fused-ring (bicyclic) bond motifs is 1. The Hall–Kier alpha value is -3.76. The number of aromatic nitrogens is 3. The van der Waals surface area contributed by atoms with E-state index in [1.165, 1.54) is 11.2 Å². The number of alkyl halides is 3. The summed E-state index contributed by atoms with van der Waals surface area (Å²) in [6.07, 6.45) is 0.821. The van der Waals surface area contributed by atoms with Gasteiger partial charge in [0.25, 0.3) is 5.91 Å². The molecule has 3 heterocycles. The number of halogens is 3. The minimum Gasteiger partial charge on any atom is -0.474 e. The first-order valence-corrected chi connectivity index (χ1v) is 11.2. The lowest BCUT2D eigenvalue weighted by atomic mass is 9.92. The number of carbonyl (C=O) groups excluding carboxylic acids is 2. The summed E-state index contributed by atoms with van der Waals surface area (Å²) >= 11 is 0. The van der Waals surface area contributed by atoms with Crippen molar-refractivity contribution in [3.63, 3.8) is 0 Å². The third kappa shape index (κ3) is 4.50. The standard InChI is InChI=1S/C24H22F3N5O3/c1-14-2-7-20-19(8-14)22(30-13-29-20)35-18-5-3-16(4-6-18)32-21(33)12-31(23(32)34)17-9-15(10-28-11-17)24(25,26)27/h2,7-11,13,16,18H,3-6,12H2,1H3/t16-,18-. The second-order valence-electron chi connectivity index (χ2n) is 8.81. The monoisotopic (exact) mass is 485 g/mol. The summed E-state index contributed by atoms with van der Waals surface area (Å²) in [6, 6.07) is 5.70. The quantitative estimate of drug-likeness (QED) is 0.506. The van der Waals surface area contributed by atoms with Crippen molar-refractivity contribution in [3.05, 3.63) is 54.1 Å². The van der Waals surface area contributed by atoms with Gasteiger partial charge in [0.05, 0.1) is 28.4 Å². The van der Waals surface area contributed by atoms with Crippen LogP contribution in [0.2, 0.25) is 0 Å². The lowest BCUT2D eigenvalue weighted by Crippen LogP contribution is -2.44. The third-order valence-corrected chi connectivity index (χ3v) is 6.40. The predicted octanol–water partition coefficient (Wildman–Crippen LogP) is 4.51. The highest BCUT2D eigenvalue weighted by atomic mass is 19.4. The van der Waals surface area contributed by atoms with Crippen LogP contribution in [-0.2, 0) is 11.0 Å². The molecule has 1 saturated heterocycles. The van der Waals surface area contributed by atoms with E-state index in [2.05, 4.69) is 15.0 Å². The molecule has 0 unspecified atom stereocenters. The van der Waals surface area contributed by atoms with Gasteiger partial charge < -0.3 is 4.74 Å². The van der Waals surface area contributed by atoms with Gasteiger partial charge >= 0.3 is 12.2 Å². The Kier molecular flexibility index (Phi) is 5.78. The molecule has 8 nitrogen and oxygen atoms in total. The van der Waals surface area contributed by atoms with Crippen molar-refractivity contribution in [3.8, 4) is 5.88 Å². The Labute approximate surface area is 198 Å². The molecule has 0 radical (unpaired) electrons. The zero-order chi connectivity index (χ0) is 24.7. The molecule has 2 aromatic heterocycles. The van der Waals surface area contributed by atoms with E-state index in [1.807, 2.05) is 25.1 Å². The first-order valence-electron chi connectivity index (χ1n) is 11.2. The van der Waals surface area contributed by atoms with E-state index in [0.29, 0.717) is 37.8 Å². The third-order valence-electron chi connectivity index (χ3n) is 6.40. The molecule has 1 aliphatic heterocycles. The van der Waals surface area contributed by atoms with Crippen molar-refractivity contribution in [1.82, 2.24) is 19.9 Å². The number of pyridine rings is 1. The average molecular weight is 485 g/mol. The largest absolute Gasteiger partial charge is 0.474 e. The van der Waals surface area contributed by atoms with Crippen LogP contribution in [0.15, 0.2) is 43.0 Å². The first kappa shape index (κ1) is 23.0. The summed E-state index contributed by atoms with van der Waals surface area (Å²) < 4.78 is 45.3. The van der Waals surface area contributed by atoms with Gasteiger partial charge in [-0.1, -0.05) is 11.6 Å². The number of ether oxygens (including phenoxy) is 1. The zero-order valence-corrected chi connectivity index (χ0v) is 18.8. The van der Waals surface area contributed by atoms with Crippen LogP contribution in [0.1, 0.15) is 36.8 Å². The maximum atomic E-state index is 13.1. The number of amides is 3. The predicted molar refractivity (Wildman–Crippen MR) is 120 cm³/mol. The van der Waals surface area contributed by atoms with E-state index < -0.39 is 23.7 Å². The molecule has 2 aliphatic rings. The number of urea groups is 1. The van der Waals surface area contributed by atoms with Crippen molar-refractivity contribution in [2.24, 2.45) is 0 Å². The van der Waals surface area contributed by atoms with E-state index in [0.717, 1.165) is 33.6 Å². The van der Waals surface area contributed by atoms with Crippen LogP contribution in [0.25, 0.3) is 10.9 Å². The summed E-state index contributed by atoms with van der Waals surface area (Å²) in [5, 5.41) is 0.824. The summed E-state index contributed by atoms with van der Waals surface area (Å²) in [6.45, 7) is 1.66. The molecule has 0 spiro atoms. The van der Waals surface area contributed by atoms with Crippen LogP contribution >= 0.6 is 0 Å². The van der Waals surface area contributed by atoms with E-state index >= 15 is 0 Å². The lowest BCUT2D eigenvalue weighted by Gasteiger charge is -2.33. The maximum absolute atomic E-state index is 13.1. The number of rotatable bonds is 4. The molecule has 5 rings (SSSR count). The second-order valence-corrected chi connectivity index (χ2v) is 8.81. The number of nitrogens with zero attached hydrogens (tertiary/aromatic N) is 5. The topological polar surface area (TPSA) is 88.5 Å². The van der Waals surface area contributed by atoms with Gasteiger partial charge in [-0.15, -0.1) is 0 Å². The highest BCUT2D eigenvalue weighted by molar-refractivity contribution is 6.12. The molecule has 1 aliphatic carbocycles. The number of aryl methyl sites for hydroxylation is 1. The van der Waals surface area contributed by atoms with Gasteiger partial charge in [-0.2, -0.15) is 13.2 Å². The normalized spacial score (nSPS) is 21.1. The number of hydrogen-bond donors (Lipinski definition) is 0. The highest BCUT2D eigenvalue weighted by Crippen LogP contribution is 2.34. The van der Waals surface area contributed by atoms with Gasteiger partial charge in [-0.3, -0.25) is 19.6 Å². The molecule has 0 bridgehead atoms. The SMILES string of the molecule is Cc1ccc2ncnc(O[C@H]3CC[C@H](N4C(=O)CN(c5cncc(C(F)(F)F)c5)C4=O)CC3)c2c1. The van der Waals surface area contributed by atoms with Crippen LogP contribution in [-0.4, -0.2) is 50.5 Å². The van der Waals surface area contributed by atoms with Crippen LogP contribution in [0, 0.1) is 6.92 Å². The summed E-state index contributed by atoms with van der Waals surface area (Å²) in [5.74, 6) is 0.0627. The fourth-order valence-electron chi connectivity index (χ4n) is 4.63. The first-order chi connectivity index (χ1) is 16.7. The van der Waals surface area contributed by atoms with Crippen molar-refractivity contribution in [2.45, 2.75) is 50.9 Å². The van der Waals surface area contributed by atoms with Crippen LogP contribution in [0.3, 0.4) is 0 Å². The molecule has 182 valence electrons. The van der Waals surface area contributed by atoms with Crippen molar-refractivity contribution in [1.29, 1.82) is 0 Å². The highest BCUT2D eigenvalue weighted by Gasteiger charge is 2.43. The Bertz CT molecular complexity index is 1290. The molecule has 1 saturated carbocycles. The van der Waals surface area contributed by atoms with Gasteiger partial charge in [-0.25, -0.2) is 14.8 Å². The molecular weight excluding hydrogens is 463 g/mol. The van der Waals surface area contributed by atoms with Gasteiger partial charge in [0.1, 0.15) is 19.0 Å². The lowest BCUT2D eigenvalue weighted by molar-refractivity contribution is -0.137. The van der Waals surface area contributed by atoms with Crippen molar-refractivity contribution < 1.29 is 27.5 Å². The molecule has 0 N–H and O–H groups in total. The summed E-state index contributed by atoms with van der Waals surface area (Å²) in [7, 11) is 0. The Morgan fingerprint density at radius 3 is 2.54 bits per heavy atom. The molecule has 0 atom stereocenters. The van der Waals surface area contributed by atoms with Crippen LogP contribution in [0.5, 0.6) is 5.88 Å². The Morgan fingerprint density at radius 1 is 1.03 bits per heavy atom. The number of carbonyl (C=O) groups is 2. The fourth-order valence-corrected chi connectivity index (χ4v) is 4.63. The molecule has 3 aromatic rings. The molecule has 11 heteroatoms. The van der Waals surface area contributed by atoms with E-state index in [-0.39, 0.29) is 24.4 Å². The van der Waals surface area contributed by atoms with Crippen LogP contribution < -0.4 is 9.64 Å². The van der Waals surface area contributed by atoms with Crippen LogP contribution in [0.4, 0.5) is 23.7 Å². The van der Waals surface area contributed by atoms with Gasteiger partial charge in [0, 0.05) is 12.2 Å². The average Bonchev–Trinajstić information content (AvgIpc) is 3.13. The Balaban J connectivity index is 1.26. The van der Waals surface area contributed by atoms with E-state index in [1.54, 1.807) is 0 Å². The Morgan fingerprint density at radius 2 is 1.80 bits per heavy atom. The zero-order valence-electron chi connectivity index (χ0n) is 18.8. The number of benzene rings is 1. The minimum absolute atomic E-state index is 0.0522. The van der Waals surface area contributed by atoms with Gasteiger partial charge in [-0.05, 0) is 50.8 Å². The number of hydrogen-bond acceptors (Lipinski definition) is 6. The fraction of sp³-hybridized carbons (Fsp3) is 0.375. The number of anilines is 1. The molecule has 2 fully saturated rings. The van der Waals surface area contributed by atoms with Gasteiger partial charge in [0.15, 0.2) is 0 Å². The van der Waals surface area contributed by atoms with Crippen molar-refractivity contribution in [2.75, 3.05) is 11.4 Å². The maximum Gasteiger partial charge on any atom is 0.417 e. The smallest absolute Gasteiger partial charge is 0.417 e. The molecule has 3 amide bonds. The van der Waals surface area contributed by atoms with Gasteiger partial charge in [0.2, 0.25) is 5.88 Å². The van der Waals surface area contributed by atoms with Crippen molar-refractivity contribution >= 4 is 28.5 Å². The molecule has 1 aromatic carbocycles. The molecular formula is C24H22F3N5O3. The minimum atomic E-state index is -4.60.